The van der Waals surface area contributed by atoms with E-state index in [4.69, 9.17) is 0 Å². The molecule has 2 aliphatic rings. The molecule has 2 fully saturated rings. The van der Waals surface area contributed by atoms with E-state index >= 15 is 0 Å². The molecule has 2 saturated carbocycles. The molecule has 3 nitrogen and oxygen atoms in total. The Morgan fingerprint density at radius 3 is 2.67 bits per heavy atom. The van der Waals surface area contributed by atoms with Gasteiger partial charge in [-0.25, -0.2) is 4.39 Å². The lowest BCUT2D eigenvalue weighted by molar-refractivity contribution is -0.124. The van der Waals surface area contributed by atoms with Crippen LogP contribution in [-0.2, 0) is 11.3 Å². The summed E-state index contributed by atoms with van der Waals surface area (Å²) in [5, 5.41) is 3.24. The van der Waals surface area contributed by atoms with Crippen LogP contribution in [0.3, 0.4) is 0 Å². The molecule has 0 saturated heterocycles. The van der Waals surface area contributed by atoms with E-state index in [1.165, 1.54) is 18.9 Å². The molecular formula is C20H29FN2O. The van der Waals surface area contributed by atoms with Crippen LogP contribution < -0.4 is 5.32 Å². The minimum Gasteiger partial charge on any atom is -0.352 e. The molecule has 2 aliphatic carbocycles. The van der Waals surface area contributed by atoms with Crippen molar-refractivity contribution in [1.82, 2.24) is 10.2 Å². The van der Waals surface area contributed by atoms with Crippen molar-refractivity contribution in [3.8, 4) is 0 Å². The van der Waals surface area contributed by atoms with Crippen LogP contribution in [0.4, 0.5) is 4.39 Å². The average molecular weight is 332 g/mol. The molecule has 132 valence electrons. The second-order valence-electron chi connectivity index (χ2n) is 7.67. The number of hydrogen-bond acceptors (Lipinski definition) is 2. The fourth-order valence-electron chi connectivity index (χ4n) is 3.82. The Labute approximate surface area is 144 Å². The number of nitrogens with one attached hydrogen (secondary N) is 1. The highest BCUT2D eigenvalue weighted by atomic mass is 19.1. The maximum atomic E-state index is 13.9. The van der Waals surface area contributed by atoms with E-state index in [0.29, 0.717) is 36.5 Å². The Balaban J connectivity index is 1.57. The summed E-state index contributed by atoms with van der Waals surface area (Å²) in [5.74, 6) is 1.10. The number of nitrogens with zero attached hydrogens (tertiary/aromatic N) is 1. The summed E-state index contributed by atoms with van der Waals surface area (Å²) in [6, 6.07) is 7.58. The van der Waals surface area contributed by atoms with E-state index in [-0.39, 0.29) is 17.8 Å². The van der Waals surface area contributed by atoms with Crippen molar-refractivity contribution in [1.29, 1.82) is 0 Å². The fourth-order valence-corrected chi connectivity index (χ4v) is 3.82. The summed E-state index contributed by atoms with van der Waals surface area (Å²) >= 11 is 0. The summed E-state index contributed by atoms with van der Waals surface area (Å²) in [6.45, 7) is 5.41. The lowest BCUT2D eigenvalue weighted by Crippen LogP contribution is -2.47. The van der Waals surface area contributed by atoms with Gasteiger partial charge < -0.3 is 5.32 Å². The standard InChI is InChI=1S/C20H29FN2O/c1-14-6-5-9-19(15(14)2)22-20(24)13-23(17-10-11-17)12-16-7-3-4-8-18(16)21/h3-4,7-8,14-15,17,19H,5-6,9-13H2,1-2H3,(H,22,24). The minimum absolute atomic E-state index is 0.0872. The highest BCUT2D eigenvalue weighted by molar-refractivity contribution is 5.78. The van der Waals surface area contributed by atoms with Crippen molar-refractivity contribution < 1.29 is 9.18 Å². The van der Waals surface area contributed by atoms with Crippen LogP contribution in [0.5, 0.6) is 0 Å². The van der Waals surface area contributed by atoms with E-state index in [1.54, 1.807) is 6.07 Å². The van der Waals surface area contributed by atoms with Gasteiger partial charge in [0.2, 0.25) is 5.91 Å². The maximum Gasteiger partial charge on any atom is 0.234 e. The molecular weight excluding hydrogens is 303 g/mol. The van der Waals surface area contributed by atoms with Gasteiger partial charge >= 0.3 is 0 Å². The Hall–Kier alpha value is -1.42. The lowest BCUT2D eigenvalue weighted by Gasteiger charge is -2.35. The van der Waals surface area contributed by atoms with Gasteiger partial charge in [-0.1, -0.05) is 44.9 Å². The van der Waals surface area contributed by atoms with Gasteiger partial charge in [-0.2, -0.15) is 0 Å². The third-order valence-corrected chi connectivity index (χ3v) is 5.79. The highest BCUT2D eigenvalue weighted by Gasteiger charge is 2.32. The fraction of sp³-hybridized carbons (Fsp3) is 0.650. The summed E-state index contributed by atoms with van der Waals surface area (Å²) in [4.78, 5) is 14.7. The molecule has 1 aromatic carbocycles. The summed E-state index contributed by atoms with van der Waals surface area (Å²) in [5.41, 5.74) is 0.678. The Morgan fingerprint density at radius 2 is 1.96 bits per heavy atom. The van der Waals surface area contributed by atoms with Crippen LogP contribution in [0.1, 0.15) is 51.5 Å². The number of carbonyl (C=O) groups is 1. The predicted octanol–water partition coefficient (Wildman–Crippen LogP) is 3.73. The van der Waals surface area contributed by atoms with Crippen LogP contribution in [0, 0.1) is 17.7 Å². The molecule has 3 rings (SSSR count). The van der Waals surface area contributed by atoms with E-state index in [0.717, 1.165) is 19.3 Å². The van der Waals surface area contributed by atoms with Gasteiger partial charge in [0, 0.05) is 24.2 Å². The first-order valence-corrected chi connectivity index (χ1v) is 9.31. The molecule has 0 spiro atoms. The first-order chi connectivity index (χ1) is 11.5. The van der Waals surface area contributed by atoms with E-state index < -0.39 is 0 Å². The number of amides is 1. The van der Waals surface area contributed by atoms with Crippen LogP contribution in [0.2, 0.25) is 0 Å². The van der Waals surface area contributed by atoms with Gasteiger partial charge in [0.05, 0.1) is 6.54 Å². The molecule has 0 radical (unpaired) electrons. The van der Waals surface area contributed by atoms with Gasteiger partial charge in [0.25, 0.3) is 0 Å². The molecule has 3 atom stereocenters. The van der Waals surface area contributed by atoms with Gasteiger partial charge in [-0.3, -0.25) is 9.69 Å². The summed E-state index contributed by atoms with van der Waals surface area (Å²) in [6.07, 6.45) is 5.75. The lowest BCUT2D eigenvalue weighted by atomic mass is 9.78. The number of rotatable bonds is 6. The molecule has 0 aromatic heterocycles. The zero-order chi connectivity index (χ0) is 17.1. The quantitative estimate of drug-likeness (QED) is 0.861. The summed E-state index contributed by atoms with van der Waals surface area (Å²) < 4.78 is 13.9. The summed E-state index contributed by atoms with van der Waals surface area (Å²) in [7, 11) is 0. The third kappa shape index (κ3) is 4.35. The number of carbonyl (C=O) groups excluding carboxylic acids is 1. The average Bonchev–Trinajstić information content (AvgIpc) is 3.38. The minimum atomic E-state index is -0.182. The van der Waals surface area contributed by atoms with E-state index in [9.17, 15) is 9.18 Å². The van der Waals surface area contributed by atoms with Crippen molar-refractivity contribution in [2.24, 2.45) is 11.8 Å². The number of halogens is 1. The zero-order valence-electron chi connectivity index (χ0n) is 14.8. The molecule has 0 bridgehead atoms. The molecule has 1 amide bonds. The SMILES string of the molecule is CC1CCCC(NC(=O)CN(Cc2ccccc2F)C2CC2)C1C. The van der Waals surface area contributed by atoms with Gasteiger partial charge in [-0.05, 0) is 37.2 Å². The van der Waals surface area contributed by atoms with Crippen LogP contribution in [0.15, 0.2) is 24.3 Å². The molecule has 0 aliphatic heterocycles. The number of hydrogen-bond donors (Lipinski definition) is 1. The van der Waals surface area contributed by atoms with Crippen LogP contribution in [-0.4, -0.2) is 29.4 Å². The Kier molecular flexibility index (Phi) is 5.54. The smallest absolute Gasteiger partial charge is 0.234 e. The predicted molar refractivity (Wildman–Crippen MR) is 93.9 cm³/mol. The van der Waals surface area contributed by atoms with Gasteiger partial charge in [0.1, 0.15) is 5.82 Å². The Bertz CT molecular complexity index is 573. The third-order valence-electron chi connectivity index (χ3n) is 5.79. The van der Waals surface area contributed by atoms with Crippen LogP contribution >= 0.6 is 0 Å². The molecule has 4 heteroatoms. The van der Waals surface area contributed by atoms with Crippen molar-refractivity contribution in [2.75, 3.05) is 6.54 Å². The second-order valence-corrected chi connectivity index (χ2v) is 7.67. The maximum absolute atomic E-state index is 13.9. The van der Waals surface area contributed by atoms with Crippen molar-refractivity contribution >= 4 is 5.91 Å². The van der Waals surface area contributed by atoms with E-state index in [1.807, 2.05) is 12.1 Å². The topological polar surface area (TPSA) is 32.3 Å². The monoisotopic (exact) mass is 332 g/mol. The highest BCUT2D eigenvalue weighted by Crippen LogP contribution is 2.30. The number of benzene rings is 1. The van der Waals surface area contributed by atoms with E-state index in [2.05, 4.69) is 24.1 Å². The van der Waals surface area contributed by atoms with Gasteiger partial charge in [0.15, 0.2) is 0 Å². The normalized spacial score (nSPS) is 27.2. The molecule has 24 heavy (non-hydrogen) atoms. The van der Waals surface area contributed by atoms with Crippen LogP contribution in [0.25, 0.3) is 0 Å². The second kappa shape index (κ2) is 7.64. The Morgan fingerprint density at radius 1 is 1.21 bits per heavy atom. The first-order valence-electron chi connectivity index (χ1n) is 9.31. The molecule has 1 aromatic rings. The zero-order valence-corrected chi connectivity index (χ0v) is 14.8. The molecule has 1 N–H and O–H groups in total. The first kappa shape index (κ1) is 17.4. The largest absolute Gasteiger partial charge is 0.352 e. The molecule has 3 unspecified atom stereocenters. The van der Waals surface area contributed by atoms with Crippen molar-refractivity contribution in [3.05, 3.63) is 35.6 Å². The van der Waals surface area contributed by atoms with Crippen molar-refractivity contribution in [2.45, 2.75) is 64.6 Å². The van der Waals surface area contributed by atoms with Crippen molar-refractivity contribution in [3.63, 3.8) is 0 Å². The molecule has 0 heterocycles. The van der Waals surface area contributed by atoms with Gasteiger partial charge in [-0.15, -0.1) is 0 Å².